The van der Waals surface area contributed by atoms with Gasteiger partial charge in [-0.3, -0.25) is 0 Å². The number of unbranched alkanes of at least 4 members (excludes halogenated alkanes) is 10. The number of aliphatic imine (C=N–C) groups is 1. The smallest absolute Gasteiger partial charge is 0.183 e. The maximum absolute atomic E-state index is 5.60. The normalized spacial score (nSPS) is 18.1. The first kappa shape index (κ1) is 17.5. The second-order valence-corrected chi connectivity index (χ2v) is 6.18. The van der Waals surface area contributed by atoms with Crippen LogP contribution >= 0.6 is 0 Å². The first-order chi connectivity index (χ1) is 9.86. The van der Waals surface area contributed by atoms with Crippen LogP contribution in [-0.2, 0) is 4.74 Å². The Morgan fingerprint density at radius 2 is 1.40 bits per heavy atom. The Bertz CT molecular complexity index is 250. The maximum atomic E-state index is 5.60. The van der Waals surface area contributed by atoms with E-state index in [1.165, 1.54) is 70.6 Å². The quantitative estimate of drug-likeness (QED) is 0.385. The molecule has 0 aromatic carbocycles. The van der Waals surface area contributed by atoms with Gasteiger partial charge in [0.2, 0.25) is 0 Å². The first-order valence-corrected chi connectivity index (χ1v) is 9.06. The van der Waals surface area contributed by atoms with Crippen molar-refractivity contribution in [2.75, 3.05) is 6.61 Å². The van der Waals surface area contributed by atoms with Crippen molar-refractivity contribution in [3.05, 3.63) is 0 Å². The summed E-state index contributed by atoms with van der Waals surface area (Å²) < 4.78 is 5.60. The summed E-state index contributed by atoms with van der Waals surface area (Å²) in [6, 6.07) is 0.442. The van der Waals surface area contributed by atoms with E-state index in [0.29, 0.717) is 6.04 Å². The van der Waals surface area contributed by atoms with Crippen LogP contribution in [0.1, 0.15) is 97.3 Å². The number of hydrogen-bond donors (Lipinski definition) is 0. The molecule has 0 saturated carbocycles. The minimum absolute atomic E-state index is 0.442. The summed E-state index contributed by atoms with van der Waals surface area (Å²) in [6.45, 7) is 5.29. The van der Waals surface area contributed by atoms with E-state index in [0.717, 1.165) is 25.3 Å². The Morgan fingerprint density at radius 3 is 1.90 bits per heavy atom. The third kappa shape index (κ3) is 8.60. The molecule has 1 aliphatic heterocycles. The Hall–Kier alpha value is -0.530. The van der Waals surface area contributed by atoms with Crippen molar-refractivity contribution < 1.29 is 4.74 Å². The molecular formula is C18H35NO. The molecular weight excluding hydrogens is 246 g/mol. The Morgan fingerprint density at radius 1 is 0.850 bits per heavy atom. The van der Waals surface area contributed by atoms with E-state index in [1.807, 2.05) is 0 Å². The van der Waals surface area contributed by atoms with Crippen LogP contribution in [0.2, 0.25) is 0 Å². The van der Waals surface area contributed by atoms with E-state index < -0.39 is 0 Å². The molecule has 0 aliphatic carbocycles. The SMILES string of the molecule is CCCCCCCCCCCCCC1=NC(CC)CO1. The third-order valence-corrected chi connectivity index (χ3v) is 4.23. The summed E-state index contributed by atoms with van der Waals surface area (Å²) in [5.41, 5.74) is 0. The average molecular weight is 281 g/mol. The molecule has 0 fully saturated rings. The maximum Gasteiger partial charge on any atom is 0.183 e. The van der Waals surface area contributed by atoms with E-state index in [9.17, 15) is 0 Å². The average Bonchev–Trinajstić information content (AvgIpc) is 2.93. The monoisotopic (exact) mass is 281 g/mol. The predicted octanol–water partition coefficient (Wildman–Crippen LogP) is 5.89. The van der Waals surface area contributed by atoms with Crippen LogP contribution in [-0.4, -0.2) is 18.5 Å². The molecule has 2 nitrogen and oxygen atoms in total. The van der Waals surface area contributed by atoms with Crippen LogP contribution in [0.15, 0.2) is 4.99 Å². The Balaban J connectivity index is 1.79. The Kier molecular flexibility index (Phi) is 10.7. The van der Waals surface area contributed by atoms with Crippen molar-refractivity contribution in [3.63, 3.8) is 0 Å². The van der Waals surface area contributed by atoms with Crippen LogP contribution in [0, 0.1) is 0 Å². The zero-order valence-electron chi connectivity index (χ0n) is 13.8. The highest BCUT2D eigenvalue weighted by molar-refractivity contribution is 5.77. The minimum Gasteiger partial charge on any atom is -0.479 e. The molecule has 0 radical (unpaired) electrons. The lowest BCUT2D eigenvalue weighted by atomic mass is 10.1. The molecule has 118 valence electrons. The van der Waals surface area contributed by atoms with Crippen molar-refractivity contribution in [2.24, 2.45) is 4.99 Å². The number of rotatable bonds is 13. The number of ether oxygens (including phenoxy) is 1. The predicted molar refractivity (Wildman–Crippen MR) is 88.5 cm³/mol. The highest BCUT2D eigenvalue weighted by Gasteiger charge is 2.15. The number of hydrogen-bond acceptors (Lipinski definition) is 2. The van der Waals surface area contributed by atoms with Gasteiger partial charge < -0.3 is 4.74 Å². The van der Waals surface area contributed by atoms with Crippen LogP contribution in [0.4, 0.5) is 0 Å². The van der Waals surface area contributed by atoms with Gasteiger partial charge in [0.15, 0.2) is 5.90 Å². The fourth-order valence-electron chi connectivity index (χ4n) is 2.76. The lowest BCUT2D eigenvalue weighted by Crippen LogP contribution is -2.03. The van der Waals surface area contributed by atoms with Gasteiger partial charge in [-0.15, -0.1) is 0 Å². The van der Waals surface area contributed by atoms with Gasteiger partial charge in [-0.05, 0) is 12.8 Å². The van der Waals surface area contributed by atoms with Crippen molar-refractivity contribution >= 4 is 5.90 Å². The van der Waals surface area contributed by atoms with E-state index in [-0.39, 0.29) is 0 Å². The minimum atomic E-state index is 0.442. The molecule has 1 unspecified atom stereocenters. The molecule has 1 heterocycles. The zero-order valence-corrected chi connectivity index (χ0v) is 13.8. The topological polar surface area (TPSA) is 21.6 Å². The fourth-order valence-corrected chi connectivity index (χ4v) is 2.76. The summed E-state index contributed by atoms with van der Waals surface area (Å²) >= 11 is 0. The van der Waals surface area contributed by atoms with E-state index in [2.05, 4.69) is 18.8 Å². The summed E-state index contributed by atoms with van der Waals surface area (Å²) in [7, 11) is 0. The van der Waals surface area contributed by atoms with Gasteiger partial charge in [0.05, 0.1) is 6.04 Å². The lowest BCUT2D eigenvalue weighted by Gasteiger charge is -2.03. The van der Waals surface area contributed by atoms with Gasteiger partial charge in [0, 0.05) is 6.42 Å². The molecule has 1 aliphatic rings. The fraction of sp³-hybridized carbons (Fsp3) is 0.944. The van der Waals surface area contributed by atoms with Crippen molar-refractivity contribution in [2.45, 2.75) is 103 Å². The summed E-state index contributed by atoms with van der Waals surface area (Å²) in [4.78, 5) is 4.58. The van der Waals surface area contributed by atoms with Crippen LogP contribution < -0.4 is 0 Å². The largest absolute Gasteiger partial charge is 0.479 e. The van der Waals surface area contributed by atoms with E-state index >= 15 is 0 Å². The Labute approximate surface area is 126 Å². The zero-order chi connectivity index (χ0) is 14.5. The summed E-state index contributed by atoms with van der Waals surface area (Å²) in [5.74, 6) is 1.02. The van der Waals surface area contributed by atoms with Crippen molar-refractivity contribution in [1.29, 1.82) is 0 Å². The van der Waals surface area contributed by atoms with Crippen molar-refractivity contribution in [3.8, 4) is 0 Å². The van der Waals surface area contributed by atoms with E-state index in [1.54, 1.807) is 0 Å². The van der Waals surface area contributed by atoms with Gasteiger partial charge in [-0.2, -0.15) is 0 Å². The van der Waals surface area contributed by atoms with E-state index in [4.69, 9.17) is 4.74 Å². The molecule has 2 heteroatoms. The molecule has 1 rings (SSSR count). The van der Waals surface area contributed by atoms with Crippen LogP contribution in [0.3, 0.4) is 0 Å². The lowest BCUT2D eigenvalue weighted by molar-refractivity contribution is 0.306. The molecule has 0 saturated heterocycles. The molecule has 0 N–H and O–H groups in total. The van der Waals surface area contributed by atoms with Gasteiger partial charge in [-0.1, -0.05) is 78.1 Å². The van der Waals surface area contributed by atoms with Crippen LogP contribution in [0.25, 0.3) is 0 Å². The second kappa shape index (κ2) is 12.2. The number of nitrogens with zero attached hydrogens (tertiary/aromatic N) is 1. The molecule has 0 spiro atoms. The first-order valence-electron chi connectivity index (χ1n) is 9.06. The van der Waals surface area contributed by atoms with Gasteiger partial charge >= 0.3 is 0 Å². The van der Waals surface area contributed by atoms with Crippen LogP contribution in [0.5, 0.6) is 0 Å². The standard InChI is InChI=1S/C18H35NO/c1-3-5-6-7-8-9-10-11-12-13-14-15-18-19-17(4-2)16-20-18/h17H,3-16H2,1-2H3. The second-order valence-electron chi connectivity index (χ2n) is 6.18. The van der Waals surface area contributed by atoms with Gasteiger partial charge in [0.25, 0.3) is 0 Å². The molecule has 0 bridgehead atoms. The third-order valence-electron chi connectivity index (χ3n) is 4.23. The molecule has 0 aromatic rings. The summed E-state index contributed by atoms with van der Waals surface area (Å²) in [6.07, 6.45) is 17.6. The highest BCUT2D eigenvalue weighted by Crippen LogP contribution is 2.15. The molecule has 20 heavy (non-hydrogen) atoms. The highest BCUT2D eigenvalue weighted by atomic mass is 16.5. The van der Waals surface area contributed by atoms with Gasteiger partial charge in [0.1, 0.15) is 6.61 Å². The molecule has 1 atom stereocenters. The van der Waals surface area contributed by atoms with Crippen molar-refractivity contribution in [1.82, 2.24) is 0 Å². The summed E-state index contributed by atoms with van der Waals surface area (Å²) in [5, 5.41) is 0. The molecule has 0 aromatic heterocycles. The molecule has 0 amide bonds. The van der Waals surface area contributed by atoms with Gasteiger partial charge in [-0.25, -0.2) is 4.99 Å².